The van der Waals surface area contributed by atoms with E-state index < -0.39 is 0 Å². The van der Waals surface area contributed by atoms with E-state index in [1.54, 1.807) is 0 Å². The number of aromatic nitrogens is 2. The second kappa shape index (κ2) is 9.89. The predicted molar refractivity (Wildman–Crippen MR) is 146 cm³/mol. The molecule has 7 heteroatoms. The summed E-state index contributed by atoms with van der Waals surface area (Å²) in [6.07, 6.45) is 5.00. The molecule has 0 saturated carbocycles. The molecular formula is C31H32N4O3. The van der Waals surface area contributed by atoms with Crippen LogP contribution < -0.4 is 10.1 Å². The zero-order valence-electron chi connectivity index (χ0n) is 21.3. The molecule has 1 amide bonds. The summed E-state index contributed by atoms with van der Waals surface area (Å²) in [6, 6.07) is 25.6. The SMILES string of the molecule is O=C(NCc1ccccc1)c1ccc2[nH]nc(-c3ccc(OC4CC5CCC(C4)N5C4COC4)cc3)c2c1. The Bertz CT molecular complexity index is 1420. The van der Waals surface area contributed by atoms with E-state index in [0.717, 1.165) is 59.5 Å². The Kier molecular flexibility index (Phi) is 6.10. The van der Waals surface area contributed by atoms with Gasteiger partial charge in [-0.25, -0.2) is 0 Å². The molecular weight excluding hydrogens is 476 g/mol. The van der Waals surface area contributed by atoms with Crippen LogP contribution in [-0.2, 0) is 11.3 Å². The predicted octanol–water partition coefficient (Wildman–Crippen LogP) is 4.93. The normalized spacial score (nSPS) is 23.3. The fourth-order valence-corrected chi connectivity index (χ4v) is 6.39. The summed E-state index contributed by atoms with van der Waals surface area (Å²) in [5.41, 5.74) is 4.41. The molecule has 194 valence electrons. The number of fused-ring (bicyclic) bond motifs is 3. The number of nitrogens with zero attached hydrogens (tertiary/aromatic N) is 2. The van der Waals surface area contributed by atoms with Gasteiger partial charge in [0, 0.05) is 35.1 Å². The number of aromatic amines is 1. The Morgan fingerprint density at radius 1 is 0.974 bits per heavy atom. The lowest BCUT2D eigenvalue weighted by Crippen LogP contribution is -2.57. The lowest BCUT2D eigenvalue weighted by molar-refractivity contribution is -0.102. The minimum atomic E-state index is -0.100. The fourth-order valence-electron chi connectivity index (χ4n) is 6.39. The number of nitrogens with one attached hydrogen (secondary N) is 2. The van der Waals surface area contributed by atoms with E-state index in [4.69, 9.17) is 9.47 Å². The Labute approximate surface area is 222 Å². The third-order valence-electron chi connectivity index (χ3n) is 8.34. The van der Waals surface area contributed by atoms with E-state index in [-0.39, 0.29) is 12.0 Å². The fraction of sp³-hybridized carbons (Fsp3) is 0.355. The number of H-pyrrole nitrogens is 1. The van der Waals surface area contributed by atoms with Crippen molar-refractivity contribution >= 4 is 16.8 Å². The zero-order valence-corrected chi connectivity index (χ0v) is 21.3. The van der Waals surface area contributed by atoms with Gasteiger partial charge < -0.3 is 14.8 Å². The van der Waals surface area contributed by atoms with Crippen LogP contribution in [0.2, 0.25) is 0 Å². The minimum Gasteiger partial charge on any atom is -0.490 e. The number of amides is 1. The van der Waals surface area contributed by atoms with Crippen molar-refractivity contribution in [1.82, 2.24) is 20.4 Å². The number of benzene rings is 3. The Morgan fingerprint density at radius 3 is 2.45 bits per heavy atom. The van der Waals surface area contributed by atoms with Crippen LogP contribution >= 0.6 is 0 Å². The van der Waals surface area contributed by atoms with E-state index in [9.17, 15) is 4.79 Å². The van der Waals surface area contributed by atoms with Crippen LogP contribution in [0, 0.1) is 0 Å². The van der Waals surface area contributed by atoms with Crippen molar-refractivity contribution in [3.05, 3.63) is 83.9 Å². The highest BCUT2D eigenvalue weighted by molar-refractivity contribution is 6.01. The van der Waals surface area contributed by atoms with Gasteiger partial charge in [-0.2, -0.15) is 5.10 Å². The van der Waals surface area contributed by atoms with Gasteiger partial charge in [0.2, 0.25) is 0 Å². The Morgan fingerprint density at radius 2 is 1.74 bits per heavy atom. The molecule has 1 aromatic heterocycles. The molecule has 7 nitrogen and oxygen atoms in total. The molecule has 3 aromatic carbocycles. The molecule has 2 N–H and O–H groups in total. The number of carbonyl (C=O) groups excluding carboxylic acids is 1. The van der Waals surface area contributed by atoms with Crippen molar-refractivity contribution in [1.29, 1.82) is 0 Å². The van der Waals surface area contributed by atoms with Crippen LogP contribution in [0.15, 0.2) is 72.8 Å². The molecule has 3 aliphatic heterocycles. The third kappa shape index (κ3) is 4.46. The van der Waals surface area contributed by atoms with Gasteiger partial charge in [0.05, 0.1) is 30.5 Å². The molecule has 38 heavy (non-hydrogen) atoms. The first-order valence-electron chi connectivity index (χ1n) is 13.6. The summed E-state index contributed by atoms with van der Waals surface area (Å²) in [6.45, 7) is 2.27. The monoisotopic (exact) mass is 508 g/mol. The number of piperidine rings is 1. The summed E-state index contributed by atoms with van der Waals surface area (Å²) in [5, 5.41) is 11.6. The van der Waals surface area contributed by atoms with Gasteiger partial charge in [-0.05, 0) is 73.7 Å². The van der Waals surface area contributed by atoms with Gasteiger partial charge >= 0.3 is 0 Å². The maximum atomic E-state index is 12.8. The van der Waals surface area contributed by atoms with E-state index in [1.165, 1.54) is 12.8 Å². The molecule has 3 fully saturated rings. The topological polar surface area (TPSA) is 79.5 Å². The lowest BCUT2D eigenvalue weighted by Gasteiger charge is -2.46. The molecule has 7 rings (SSSR count). The Balaban J connectivity index is 1.03. The molecule has 4 heterocycles. The molecule has 0 spiro atoms. The van der Waals surface area contributed by atoms with Crippen LogP contribution in [0.1, 0.15) is 41.6 Å². The Hall–Kier alpha value is -3.68. The highest BCUT2D eigenvalue weighted by Crippen LogP contribution is 2.40. The van der Waals surface area contributed by atoms with Crippen molar-refractivity contribution < 1.29 is 14.3 Å². The van der Waals surface area contributed by atoms with Crippen LogP contribution in [-0.4, -0.2) is 58.4 Å². The van der Waals surface area contributed by atoms with Crippen molar-refractivity contribution in [2.75, 3.05) is 13.2 Å². The standard InChI is InChI=1S/C31H32N4O3/c36-31(32-17-20-4-2-1-3-5-20)22-8-13-29-28(14-22)30(34-33-29)21-6-11-26(12-7-21)38-27-15-23-9-10-24(16-27)35(23)25-18-37-19-25/h1-8,11-14,23-25,27H,9-10,15-19H2,(H,32,36)(H,33,34). The maximum Gasteiger partial charge on any atom is 0.251 e. The zero-order chi connectivity index (χ0) is 25.5. The van der Waals surface area contributed by atoms with Crippen LogP contribution in [0.5, 0.6) is 5.75 Å². The van der Waals surface area contributed by atoms with E-state index in [2.05, 4.69) is 32.5 Å². The highest BCUT2D eigenvalue weighted by Gasteiger charge is 2.46. The van der Waals surface area contributed by atoms with Crippen molar-refractivity contribution in [2.24, 2.45) is 0 Å². The van der Waals surface area contributed by atoms with E-state index in [1.807, 2.05) is 60.7 Å². The van der Waals surface area contributed by atoms with Gasteiger partial charge in [-0.1, -0.05) is 30.3 Å². The molecule has 3 aliphatic rings. The smallest absolute Gasteiger partial charge is 0.251 e. The molecule has 4 aromatic rings. The third-order valence-corrected chi connectivity index (χ3v) is 8.34. The van der Waals surface area contributed by atoms with Crippen molar-refractivity contribution in [3.63, 3.8) is 0 Å². The maximum absolute atomic E-state index is 12.8. The molecule has 2 bridgehead atoms. The van der Waals surface area contributed by atoms with Gasteiger partial charge in [-0.15, -0.1) is 0 Å². The summed E-state index contributed by atoms with van der Waals surface area (Å²) < 4.78 is 11.9. The van der Waals surface area contributed by atoms with E-state index >= 15 is 0 Å². The average molecular weight is 509 g/mol. The average Bonchev–Trinajstić information content (AvgIpc) is 3.44. The van der Waals surface area contributed by atoms with Crippen LogP contribution in [0.25, 0.3) is 22.2 Å². The molecule has 2 atom stereocenters. The largest absolute Gasteiger partial charge is 0.490 e. The summed E-state index contributed by atoms with van der Waals surface area (Å²) in [4.78, 5) is 15.5. The number of hydrogen-bond donors (Lipinski definition) is 2. The quantitative estimate of drug-likeness (QED) is 0.370. The molecule has 3 saturated heterocycles. The second-order valence-corrected chi connectivity index (χ2v) is 10.8. The number of carbonyl (C=O) groups is 1. The van der Waals surface area contributed by atoms with Gasteiger partial charge in [-0.3, -0.25) is 14.8 Å². The van der Waals surface area contributed by atoms with Gasteiger partial charge in [0.25, 0.3) is 5.91 Å². The molecule has 2 unspecified atom stereocenters. The van der Waals surface area contributed by atoms with Crippen LogP contribution in [0.4, 0.5) is 0 Å². The number of ether oxygens (including phenoxy) is 2. The summed E-state index contributed by atoms with van der Waals surface area (Å²) in [7, 11) is 0. The first-order valence-corrected chi connectivity index (χ1v) is 13.6. The van der Waals surface area contributed by atoms with Crippen molar-refractivity contribution in [2.45, 2.75) is 56.5 Å². The first kappa shape index (κ1) is 23.4. The van der Waals surface area contributed by atoms with Gasteiger partial charge in [0.1, 0.15) is 11.9 Å². The minimum absolute atomic E-state index is 0.100. The van der Waals surface area contributed by atoms with E-state index in [0.29, 0.717) is 30.2 Å². The van der Waals surface area contributed by atoms with Crippen LogP contribution in [0.3, 0.4) is 0 Å². The van der Waals surface area contributed by atoms with Gasteiger partial charge in [0.15, 0.2) is 0 Å². The summed E-state index contributed by atoms with van der Waals surface area (Å²) >= 11 is 0. The number of hydrogen-bond acceptors (Lipinski definition) is 5. The summed E-state index contributed by atoms with van der Waals surface area (Å²) in [5.74, 6) is 0.802. The second-order valence-electron chi connectivity index (χ2n) is 10.8. The first-order chi connectivity index (χ1) is 18.7. The molecule has 0 aliphatic carbocycles. The number of rotatable bonds is 7. The lowest BCUT2D eigenvalue weighted by atomic mass is 9.96. The highest BCUT2D eigenvalue weighted by atomic mass is 16.5. The molecule has 0 radical (unpaired) electrons. The van der Waals surface area contributed by atoms with Crippen molar-refractivity contribution in [3.8, 4) is 17.0 Å².